The highest BCUT2D eigenvalue weighted by Gasteiger charge is 2.11. The zero-order valence-corrected chi connectivity index (χ0v) is 11.3. The van der Waals surface area contributed by atoms with Crippen LogP contribution in [0.3, 0.4) is 0 Å². The van der Waals surface area contributed by atoms with Gasteiger partial charge in [0, 0.05) is 5.69 Å². The number of hydrogen-bond acceptors (Lipinski definition) is 3. The van der Waals surface area contributed by atoms with E-state index in [1.807, 2.05) is 18.5 Å². The summed E-state index contributed by atoms with van der Waals surface area (Å²) in [7, 11) is 0. The highest BCUT2D eigenvalue weighted by atomic mass is 16.5. The van der Waals surface area contributed by atoms with Gasteiger partial charge in [-0.15, -0.1) is 0 Å². The molecule has 0 amide bonds. The molecule has 17 heavy (non-hydrogen) atoms. The molecule has 0 spiro atoms. The van der Waals surface area contributed by atoms with Gasteiger partial charge in [-0.25, -0.2) is 0 Å². The Hall–Kier alpha value is -0.870. The summed E-state index contributed by atoms with van der Waals surface area (Å²) < 4.78 is 7.29. The quantitative estimate of drug-likeness (QED) is 0.790. The summed E-state index contributed by atoms with van der Waals surface area (Å²) in [4.78, 5) is 0. The number of nitrogens with zero attached hydrogens (tertiary/aromatic N) is 2. The molecular formula is C13H24N2O2. The minimum absolute atomic E-state index is 0.152. The number of aryl methyl sites for hydroxylation is 2. The van der Waals surface area contributed by atoms with Crippen molar-refractivity contribution in [2.24, 2.45) is 0 Å². The Morgan fingerprint density at radius 2 is 2.06 bits per heavy atom. The molecule has 4 nitrogen and oxygen atoms in total. The van der Waals surface area contributed by atoms with Gasteiger partial charge < -0.3 is 9.84 Å². The van der Waals surface area contributed by atoms with Crippen molar-refractivity contribution in [3.63, 3.8) is 0 Å². The average molecular weight is 240 g/mol. The summed E-state index contributed by atoms with van der Waals surface area (Å²) in [5.41, 5.74) is 2.25. The Balaban J connectivity index is 2.57. The van der Waals surface area contributed by atoms with E-state index in [0.717, 1.165) is 18.5 Å². The van der Waals surface area contributed by atoms with Gasteiger partial charge in [0.1, 0.15) is 0 Å². The second kappa shape index (κ2) is 6.77. The van der Waals surface area contributed by atoms with Crippen LogP contribution in [0.1, 0.15) is 39.1 Å². The molecule has 1 aromatic rings. The van der Waals surface area contributed by atoms with E-state index in [-0.39, 0.29) is 6.10 Å². The first-order valence-corrected chi connectivity index (χ1v) is 6.42. The van der Waals surface area contributed by atoms with Crippen molar-refractivity contribution >= 4 is 0 Å². The van der Waals surface area contributed by atoms with Crippen LogP contribution in [0.15, 0.2) is 6.07 Å². The van der Waals surface area contributed by atoms with Crippen molar-refractivity contribution < 1.29 is 9.84 Å². The molecule has 0 aliphatic carbocycles. The van der Waals surface area contributed by atoms with E-state index in [2.05, 4.69) is 25.0 Å². The van der Waals surface area contributed by atoms with E-state index in [1.165, 1.54) is 5.69 Å². The first kappa shape index (κ1) is 14.2. The van der Waals surface area contributed by atoms with Gasteiger partial charge in [-0.1, -0.05) is 13.8 Å². The fourth-order valence-electron chi connectivity index (χ4n) is 1.69. The minimum Gasteiger partial charge on any atom is -0.389 e. The number of aliphatic hydroxyl groups excluding tert-OH is 1. The molecule has 1 rings (SSSR count). The monoisotopic (exact) mass is 240 g/mol. The maximum Gasteiger partial charge on any atom is 0.0969 e. The highest BCUT2D eigenvalue weighted by Crippen LogP contribution is 2.07. The molecule has 0 saturated heterocycles. The Morgan fingerprint density at radius 3 is 2.59 bits per heavy atom. The second-order valence-electron chi connectivity index (χ2n) is 4.55. The van der Waals surface area contributed by atoms with Gasteiger partial charge in [0.15, 0.2) is 0 Å². The lowest BCUT2D eigenvalue weighted by atomic mass is 10.2. The Morgan fingerprint density at radius 1 is 1.35 bits per heavy atom. The van der Waals surface area contributed by atoms with Crippen molar-refractivity contribution in [2.75, 3.05) is 6.61 Å². The number of aromatic nitrogens is 2. The van der Waals surface area contributed by atoms with Crippen molar-refractivity contribution in [1.82, 2.24) is 9.78 Å². The molecule has 1 unspecified atom stereocenters. The molecule has 1 heterocycles. The molecule has 0 aromatic carbocycles. The van der Waals surface area contributed by atoms with Gasteiger partial charge in [0.25, 0.3) is 0 Å². The van der Waals surface area contributed by atoms with Crippen molar-refractivity contribution in [3.05, 3.63) is 17.5 Å². The molecule has 0 bridgehead atoms. The number of ether oxygens (including phenoxy) is 1. The third-order valence-electron chi connectivity index (χ3n) is 2.64. The summed E-state index contributed by atoms with van der Waals surface area (Å²) >= 11 is 0. The lowest BCUT2D eigenvalue weighted by Crippen LogP contribution is -2.25. The molecule has 0 saturated carbocycles. The van der Waals surface area contributed by atoms with Crippen LogP contribution in [0.5, 0.6) is 0 Å². The maximum atomic E-state index is 9.87. The SMILES string of the molecule is CCc1cc(CC)n(CC(O)COC(C)C)n1. The van der Waals surface area contributed by atoms with Crippen LogP contribution in [-0.2, 0) is 24.1 Å². The van der Waals surface area contributed by atoms with E-state index in [0.29, 0.717) is 13.2 Å². The molecule has 1 aromatic heterocycles. The smallest absolute Gasteiger partial charge is 0.0969 e. The maximum absolute atomic E-state index is 9.87. The Kier molecular flexibility index (Phi) is 5.65. The molecule has 1 N–H and O–H groups in total. The average Bonchev–Trinajstić information content (AvgIpc) is 2.68. The number of hydrogen-bond donors (Lipinski definition) is 1. The molecule has 0 aliphatic rings. The van der Waals surface area contributed by atoms with E-state index < -0.39 is 6.10 Å². The summed E-state index contributed by atoms with van der Waals surface area (Å²) in [5, 5.41) is 14.3. The van der Waals surface area contributed by atoms with E-state index in [9.17, 15) is 5.11 Å². The largest absolute Gasteiger partial charge is 0.389 e. The van der Waals surface area contributed by atoms with Crippen LogP contribution in [0.25, 0.3) is 0 Å². The van der Waals surface area contributed by atoms with Crippen molar-refractivity contribution in [1.29, 1.82) is 0 Å². The standard InChI is InChI=1S/C13H24N2O2/c1-5-11-7-12(6-2)15(14-11)8-13(16)9-17-10(3)4/h7,10,13,16H,5-6,8-9H2,1-4H3. The predicted molar refractivity (Wildman–Crippen MR) is 68.1 cm³/mol. The normalized spacial score (nSPS) is 13.3. The van der Waals surface area contributed by atoms with Crippen LogP contribution >= 0.6 is 0 Å². The lowest BCUT2D eigenvalue weighted by molar-refractivity contribution is -0.00234. The molecule has 98 valence electrons. The molecule has 1 atom stereocenters. The van der Waals surface area contributed by atoms with Gasteiger partial charge in [-0.2, -0.15) is 5.10 Å². The van der Waals surface area contributed by atoms with E-state index >= 15 is 0 Å². The van der Waals surface area contributed by atoms with Crippen LogP contribution < -0.4 is 0 Å². The predicted octanol–water partition coefficient (Wildman–Crippen LogP) is 1.79. The van der Waals surface area contributed by atoms with Crippen molar-refractivity contribution in [3.8, 4) is 0 Å². The molecule has 0 fully saturated rings. The summed E-state index contributed by atoms with van der Waals surface area (Å²) in [6, 6.07) is 2.11. The minimum atomic E-state index is -0.493. The van der Waals surface area contributed by atoms with Crippen molar-refractivity contribution in [2.45, 2.75) is 59.3 Å². The molecule has 4 heteroatoms. The first-order chi connectivity index (χ1) is 8.06. The number of rotatable bonds is 7. The Bertz CT molecular complexity index is 334. The van der Waals surface area contributed by atoms with E-state index in [4.69, 9.17) is 4.74 Å². The van der Waals surface area contributed by atoms with Crippen LogP contribution in [-0.4, -0.2) is 33.7 Å². The fourth-order valence-corrected chi connectivity index (χ4v) is 1.69. The number of aliphatic hydroxyl groups is 1. The topological polar surface area (TPSA) is 47.3 Å². The van der Waals surface area contributed by atoms with E-state index in [1.54, 1.807) is 0 Å². The second-order valence-corrected chi connectivity index (χ2v) is 4.55. The van der Waals surface area contributed by atoms with Crippen LogP contribution in [0.4, 0.5) is 0 Å². The fraction of sp³-hybridized carbons (Fsp3) is 0.769. The highest BCUT2D eigenvalue weighted by molar-refractivity contribution is 5.10. The summed E-state index contributed by atoms with van der Waals surface area (Å²) in [5.74, 6) is 0. The van der Waals surface area contributed by atoms with Gasteiger partial charge >= 0.3 is 0 Å². The third-order valence-corrected chi connectivity index (χ3v) is 2.64. The molecule has 0 aliphatic heterocycles. The van der Waals surface area contributed by atoms with Crippen LogP contribution in [0, 0.1) is 0 Å². The molecule has 0 radical (unpaired) electrons. The lowest BCUT2D eigenvalue weighted by Gasteiger charge is -2.14. The Labute approximate surface area is 104 Å². The third kappa shape index (κ3) is 4.48. The van der Waals surface area contributed by atoms with Gasteiger partial charge in [0.05, 0.1) is 31.1 Å². The molecular weight excluding hydrogens is 216 g/mol. The van der Waals surface area contributed by atoms with Gasteiger partial charge in [0.2, 0.25) is 0 Å². The van der Waals surface area contributed by atoms with Gasteiger partial charge in [-0.05, 0) is 32.8 Å². The summed E-state index contributed by atoms with van der Waals surface area (Å²) in [6.07, 6.45) is 1.52. The van der Waals surface area contributed by atoms with Crippen LogP contribution in [0.2, 0.25) is 0 Å². The zero-order chi connectivity index (χ0) is 12.8. The summed E-state index contributed by atoms with van der Waals surface area (Å²) in [6.45, 7) is 8.99. The van der Waals surface area contributed by atoms with Gasteiger partial charge in [-0.3, -0.25) is 4.68 Å². The zero-order valence-electron chi connectivity index (χ0n) is 11.3. The first-order valence-electron chi connectivity index (χ1n) is 6.42.